The van der Waals surface area contributed by atoms with Crippen molar-refractivity contribution < 1.29 is 14.3 Å². The number of benzene rings is 2. The number of halogens is 1. The van der Waals surface area contributed by atoms with Gasteiger partial charge in [-0.15, -0.1) is 0 Å². The Morgan fingerprint density at radius 2 is 2.03 bits per heavy atom. The number of rotatable bonds is 6. The number of hydrogen-bond acceptors (Lipinski definition) is 4. The molecule has 7 heteroatoms. The number of hydrogen-bond donors (Lipinski definition) is 2. The van der Waals surface area contributed by atoms with Crippen molar-refractivity contribution in [3.8, 4) is 5.75 Å². The number of anilines is 1. The third kappa shape index (κ3) is 5.09. The number of carbonyl (C=O) groups excluding carboxylic acids is 2. The zero-order valence-corrected chi connectivity index (χ0v) is 18.2. The molecule has 2 amide bonds. The standard InChI is InChI=1S/C24H26ClN3O3/c1-16(28-12-4-5-13-28)10-11-26-23(29)18-8-9-21-20(14-18)27-24(30)22(31-21)15-17-6-2-3-7-19(17)25/h2-3,6-9,14-16H,4-5,10-13H2,1H3,(H,26,29)(H,27,30). The van der Waals surface area contributed by atoms with Gasteiger partial charge in [0.1, 0.15) is 0 Å². The molecule has 1 unspecified atom stereocenters. The second-order valence-electron chi connectivity index (χ2n) is 7.93. The minimum absolute atomic E-state index is 0.147. The van der Waals surface area contributed by atoms with E-state index in [1.54, 1.807) is 36.4 Å². The molecule has 162 valence electrons. The van der Waals surface area contributed by atoms with Crippen LogP contribution < -0.4 is 15.4 Å². The van der Waals surface area contributed by atoms with Crippen LogP contribution in [0.2, 0.25) is 5.02 Å². The smallest absolute Gasteiger partial charge is 0.291 e. The minimum Gasteiger partial charge on any atom is -0.449 e. The van der Waals surface area contributed by atoms with Crippen molar-refractivity contribution >= 4 is 35.2 Å². The summed E-state index contributed by atoms with van der Waals surface area (Å²) in [7, 11) is 0. The van der Waals surface area contributed by atoms with Gasteiger partial charge in [0.2, 0.25) is 0 Å². The fraction of sp³-hybridized carbons (Fsp3) is 0.333. The molecule has 0 saturated carbocycles. The Hall–Kier alpha value is -2.83. The molecule has 2 aliphatic heterocycles. The Balaban J connectivity index is 1.39. The van der Waals surface area contributed by atoms with Crippen molar-refractivity contribution in [2.45, 2.75) is 32.2 Å². The van der Waals surface area contributed by atoms with Gasteiger partial charge in [0.25, 0.3) is 11.8 Å². The molecule has 2 aliphatic rings. The van der Waals surface area contributed by atoms with Crippen LogP contribution in [0.4, 0.5) is 5.69 Å². The van der Waals surface area contributed by atoms with Crippen molar-refractivity contribution in [2.24, 2.45) is 0 Å². The van der Waals surface area contributed by atoms with Gasteiger partial charge < -0.3 is 20.3 Å². The molecule has 0 aliphatic carbocycles. The van der Waals surface area contributed by atoms with Crippen LogP contribution in [-0.2, 0) is 4.79 Å². The summed E-state index contributed by atoms with van der Waals surface area (Å²) in [4.78, 5) is 27.5. The van der Waals surface area contributed by atoms with Gasteiger partial charge >= 0.3 is 0 Å². The Labute approximate surface area is 187 Å². The number of ether oxygens (including phenoxy) is 1. The van der Waals surface area contributed by atoms with Gasteiger partial charge in [0.05, 0.1) is 5.69 Å². The van der Waals surface area contributed by atoms with E-state index in [9.17, 15) is 9.59 Å². The van der Waals surface area contributed by atoms with Crippen LogP contribution in [0, 0.1) is 0 Å². The van der Waals surface area contributed by atoms with Gasteiger partial charge in [-0.25, -0.2) is 0 Å². The summed E-state index contributed by atoms with van der Waals surface area (Å²) in [5.74, 6) is 0.0818. The lowest BCUT2D eigenvalue weighted by molar-refractivity contribution is -0.115. The summed E-state index contributed by atoms with van der Waals surface area (Å²) in [6.07, 6.45) is 5.03. The van der Waals surface area contributed by atoms with E-state index in [2.05, 4.69) is 22.5 Å². The molecular formula is C24H26ClN3O3. The first-order chi connectivity index (χ1) is 15.0. The van der Waals surface area contributed by atoms with E-state index >= 15 is 0 Å². The van der Waals surface area contributed by atoms with Crippen LogP contribution in [0.5, 0.6) is 5.75 Å². The highest BCUT2D eigenvalue weighted by Crippen LogP contribution is 2.33. The van der Waals surface area contributed by atoms with Crippen LogP contribution in [0.3, 0.4) is 0 Å². The number of amides is 2. The van der Waals surface area contributed by atoms with Crippen LogP contribution in [0.25, 0.3) is 6.08 Å². The average Bonchev–Trinajstić information content (AvgIpc) is 3.30. The molecule has 0 bridgehead atoms. The van der Waals surface area contributed by atoms with E-state index in [0.717, 1.165) is 19.5 Å². The lowest BCUT2D eigenvalue weighted by atomic mass is 10.1. The van der Waals surface area contributed by atoms with Crippen molar-refractivity contribution in [2.75, 3.05) is 25.0 Å². The van der Waals surface area contributed by atoms with E-state index in [1.807, 2.05) is 12.1 Å². The van der Waals surface area contributed by atoms with Gasteiger partial charge in [-0.3, -0.25) is 9.59 Å². The van der Waals surface area contributed by atoms with Crippen LogP contribution >= 0.6 is 11.6 Å². The molecule has 31 heavy (non-hydrogen) atoms. The predicted octanol–water partition coefficient (Wildman–Crippen LogP) is 4.32. The molecule has 1 atom stereocenters. The molecule has 1 fully saturated rings. The van der Waals surface area contributed by atoms with E-state index in [-0.39, 0.29) is 17.6 Å². The zero-order chi connectivity index (χ0) is 21.8. The third-order valence-corrected chi connectivity index (χ3v) is 6.08. The number of nitrogens with zero attached hydrogens (tertiary/aromatic N) is 1. The number of carbonyl (C=O) groups is 2. The highest BCUT2D eigenvalue weighted by Gasteiger charge is 2.24. The molecule has 6 nitrogen and oxygen atoms in total. The first-order valence-electron chi connectivity index (χ1n) is 10.6. The summed E-state index contributed by atoms with van der Waals surface area (Å²) in [5, 5.41) is 6.30. The predicted molar refractivity (Wildman–Crippen MR) is 122 cm³/mol. The van der Waals surface area contributed by atoms with E-state index in [0.29, 0.717) is 40.2 Å². The average molecular weight is 440 g/mol. The fourth-order valence-electron chi connectivity index (χ4n) is 3.90. The van der Waals surface area contributed by atoms with Crippen molar-refractivity contribution in [3.63, 3.8) is 0 Å². The van der Waals surface area contributed by atoms with E-state index in [4.69, 9.17) is 16.3 Å². The Morgan fingerprint density at radius 3 is 2.81 bits per heavy atom. The minimum atomic E-state index is -0.385. The molecule has 2 aromatic rings. The molecule has 0 spiro atoms. The number of fused-ring (bicyclic) bond motifs is 1. The number of nitrogens with one attached hydrogen (secondary N) is 2. The van der Waals surface area contributed by atoms with E-state index in [1.165, 1.54) is 12.8 Å². The van der Waals surface area contributed by atoms with Crippen molar-refractivity contribution in [3.05, 3.63) is 64.4 Å². The lowest BCUT2D eigenvalue weighted by Crippen LogP contribution is -2.34. The SMILES string of the molecule is CC(CCNC(=O)c1ccc2c(c1)NC(=O)C(=Cc1ccccc1Cl)O2)N1CCCC1. The number of likely N-dealkylation sites (tertiary alicyclic amines) is 1. The Bertz CT molecular complexity index is 1010. The second-order valence-corrected chi connectivity index (χ2v) is 8.34. The molecule has 2 heterocycles. The Morgan fingerprint density at radius 1 is 1.26 bits per heavy atom. The summed E-state index contributed by atoms with van der Waals surface area (Å²) in [6.45, 7) is 5.11. The van der Waals surface area contributed by atoms with Gasteiger partial charge in [-0.05, 0) is 75.2 Å². The lowest BCUT2D eigenvalue weighted by Gasteiger charge is -2.23. The van der Waals surface area contributed by atoms with Gasteiger partial charge in [-0.2, -0.15) is 0 Å². The third-order valence-electron chi connectivity index (χ3n) is 5.74. The quantitative estimate of drug-likeness (QED) is 0.658. The van der Waals surface area contributed by atoms with Crippen LogP contribution in [-0.4, -0.2) is 42.4 Å². The highest BCUT2D eigenvalue weighted by atomic mass is 35.5. The first kappa shape index (κ1) is 21.4. The summed E-state index contributed by atoms with van der Waals surface area (Å²) >= 11 is 6.17. The maximum Gasteiger partial charge on any atom is 0.291 e. The highest BCUT2D eigenvalue weighted by molar-refractivity contribution is 6.32. The second kappa shape index (κ2) is 9.54. The van der Waals surface area contributed by atoms with Gasteiger partial charge in [-0.1, -0.05) is 29.8 Å². The Kier molecular flexibility index (Phi) is 6.59. The first-order valence-corrected chi connectivity index (χ1v) is 11.0. The van der Waals surface area contributed by atoms with Gasteiger partial charge in [0.15, 0.2) is 11.5 Å². The van der Waals surface area contributed by atoms with E-state index < -0.39 is 0 Å². The normalized spacial score (nSPS) is 18.3. The van der Waals surface area contributed by atoms with Crippen LogP contribution in [0.15, 0.2) is 48.2 Å². The zero-order valence-electron chi connectivity index (χ0n) is 17.5. The largest absolute Gasteiger partial charge is 0.449 e. The maximum atomic E-state index is 12.6. The summed E-state index contributed by atoms with van der Waals surface area (Å²) in [6, 6.07) is 12.7. The summed E-state index contributed by atoms with van der Waals surface area (Å²) < 4.78 is 5.76. The topological polar surface area (TPSA) is 70.7 Å². The molecule has 4 rings (SSSR count). The summed E-state index contributed by atoms with van der Waals surface area (Å²) in [5.41, 5.74) is 1.64. The fourth-order valence-corrected chi connectivity index (χ4v) is 4.09. The molecule has 1 saturated heterocycles. The maximum absolute atomic E-state index is 12.6. The van der Waals surface area contributed by atoms with Crippen LogP contribution in [0.1, 0.15) is 42.1 Å². The van der Waals surface area contributed by atoms with Crippen molar-refractivity contribution in [1.29, 1.82) is 0 Å². The van der Waals surface area contributed by atoms with Crippen molar-refractivity contribution in [1.82, 2.24) is 10.2 Å². The molecule has 2 N–H and O–H groups in total. The van der Waals surface area contributed by atoms with Gasteiger partial charge in [0, 0.05) is 23.2 Å². The monoisotopic (exact) mass is 439 g/mol. The molecule has 2 aromatic carbocycles. The molecule has 0 aromatic heterocycles. The molecular weight excluding hydrogens is 414 g/mol. The molecule has 0 radical (unpaired) electrons.